The molecule has 7 rings (SSSR count). The number of esters is 1. The lowest BCUT2D eigenvalue weighted by molar-refractivity contribution is -0.235. The van der Waals surface area contributed by atoms with Crippen molar-refractivity contribution in [3.05, 3.63) is 47.0 Å². The molecule has 5 fully saturated rings. The highest BCUT2D eigenvalue weighted by Gasteiger charge is 2.71. The molecule has 1 aliphatic heterocycles. The molecule has 6 aliphatic rings. The van der Waals surface area contributed by atoms with Gasteiger partial charge in [-0.3, -0.25) is 24.1 Å². The zero-order valence-corrected chi connectivity index (χ0v) is 39.1. The predicted octanol–water partition coefficient (Wildman–Crippen LogP) is 8.02. The largest absolute Gasteiger partial charge is 0.481 e. The van der Waals surface area contributed by atoms with Gasteiger partial charge in [-0.15, -0.1) is 0 Å². The SMILES string of the molecule is CC(C)C1=C2C3CCC4C5(C)CCC(OC(=O)CC(C)(C)C(=O)O)C(C)(C)C5CCC4(C)C3(C)CCC2(C(O)CN(CC(=O)N2CCN(C)CC2)Cc2ccccc2)CC1=O. The van der Waals surface area contributed by atoms with Crippen molar-refractivity contribution in [2.75, 3.05) is 46.3 Å². The van der Waals surface area contributed by atoms with Crippen LogP contribution in [0.15, 0.2) is 41.5 Å². The lowest BCUT2D eigenvalue weighted by Crippen LogP contribution is -2.66. The van der Waals surface area contributed by atoms with Gasteiger partial charge in [-0.25, -0.2) is 0 Å². The number of aliphatic hydroxyl groups is 1. The standard InChI is InChI=1S/C51H77N3O7/c1-33(2)43-36(55)28-51(39(56)31-53(30-34-14-12-11-13-15-34)32-41(57)54-26-24-52(10)25-27-54)23-22-49(8)35(44(43)51)16-17-38-48(7)20-19-40(61-42(58)29-46(3,4)45(59)60)47(5,6)37(48)18-21-50(38,49)9/h11-15,33,35,37-40,56H,16-32H2,1-10H3,(H,59,60). The van der Waals surface area contributed by atoms with Crippen LogP contribution in [0.1, 0.15) is 132 Å². The van der Waals surface area contributed by atoms with Crippen molar-refractivity contribution < 1.29 is 34.1 Å². The fourth-order valence-corrected chi connectivity index (χ4v) is 14.7. The topological polar surface area (TPSA) is 128 Å². The van der Waals surface area contributed by atoms with Crippen LogP contribution in [0.2, 0.25) is 0 Å². The van der Waals surface area contributed by atoms with Crippen molar-refractivity contribution >= 4 is 23.6 Å². The molecule has 0 aromatic heterocycles. The van der Waals surface area contributed by atoms with Gasteiger partial charge in [0.2, 0.25) is 5.91 Å². The summed E-state index contributed by atoms with van der Waals surface area (Å²) >= 11 is 0. The van der Waals surface area contributed by atoms with Crippen molar-refractivity contribution in [3.8, 4) is 0 Å². The van der Waals surface area contributed by atoms with Crippen LogP contribution in [-0.2, 0) is 30.5 Å². The highest BCUT2D eigenvalue weighted by molar-refractivity contribution is 6.00. The summed E-state index contributed by atoms with van der Waals surface area (Å²) in [6.45, 7) is 23.8. The van der Waals surface area contributed by atoms with Gasteiger partial charge in [-0.05, 0) is 123 Å². The number of amides is 1. The predicted molar refractivity (Wildman–Crippen MR) is 237 cm³/mol. The van der Waals surface area contributed by atoms with Crippen LogP contribution >= 0.6 is 0 Å². The van der Waals surface area contributed by atoms with E-state index in [1.165, 1.54) is 5.57 Å². The third-order valence-corrected chi connectivity index (χ3v) is 18.4. The van der Waals surface area contributed by atoms with Gasteiger partial charge in [0, 0.05) is 56.5 Å². The van der Waals surface area contributed by atoms with E-state index in [1.54, 1.807) is 13.8 Å². The van der Waals surface area contributed by atoms with Crippen LogP contribution in [0, 0.1) is 56.2 Å². The lowest BCUT2D eigenvalue weighted by Gasteiger charge is -2.72. The second kappa shape index (κ2) is 16.5. The number of fused-ring (bicyclic) bond motifs is 7. The zero-order chi connectivity index (χ0) is 44.5. The molecule has 61 heavy (non-hydrogen) atoms. The average molecular weight is 844 g/mol. The Hall–Kier alpha value is -3.08. The summed E-state index contributed by atoms with van der Waals surface area (Å²) in [7, 11) is 2.09. The molecule has 10 heteroatoms. The molecule has 1 saturated heterocycles. The molecule has 1 aromatic rings. The summed E-state index contributed by atoms with van der Waals surface area (Å²) in [5.41, 5.74) is 1.13. The minimum atomic E-state index is -1.18. The fourth-order valence-electron chi connectivity index (χ4n) is 14.7. The van der Waals surface area contributed by atoms with Gasteiger partial charge in [0.05, 0.1) is 24.5 Å². The van der Waals surface area contributed by atoms with E-state index in [9.17, 15) is 29.4 Å². The van der Waals surface area contributed by atoms with Crippen molar-refractivity contribution in [1.82, 2.24) is 14.7 Å². The molecule has 10 nitrogen and oxygen atoms in total. The maximum absolute atomic E-state index is 14.4. The van der Waals surface area contributed by atoms with E-state index in [4.69, 9.17) is 4.74 Å². The number of piperazine rings is 1. The van der Waals surface area contributed by atoms with E-state index in [-0.39, 0.29) is 64.3 Å². The van der Waals surface area contributed by atoms with E-state index in [0.29, 0.717) is 44.4 Å². The molecule has 1 heterocycles. The van der Waals surface area contributed by atoms with Crippen molar-refractivity contribution in [3.63, 3.8) is 0 Å². The Morgan fingerprint density at radius 3 is 2.20 bits per heavy atom. The van der Waals surface area contributed by atoms with Crippen LogP contribution in [0.5, 0.6) is 0 Å². The first kappa shape index (κ1) is 45.9. The van der Waals surface area contributed by atoms with Gasteiger partial charge in [0.25, 0.3) is 0 Å². The van der Waals surface area contributed by atoms with Crippen LogP contribution in [0.4, 0.5) is 0 Å². The lowest BCUT2D eigenvalue weighted by atomic mass is 9.33. The van der Waals surface area contributed by atoms with Crippen molar-refractivity contribution in [1.29, 1.82) is 0 Å². The smallest absolute Gasteiger partial charge is 0.309 e. The summed E-state index contributed by atoms with van der Waals surface area (Å²) in [6, 6.07) is 10.2. The van der Waals surface area contributed by atoms with E-state index >= 15 is 0 Å². The normalized spacial score (nSPS) is 35.6. The molecule has 9 atom stereocenters. The quantitative estimate of drug-likeness (QED) is 0.201. The zero-order valence-electron chi connectivity index (χ0n) is 39.1. The van der Waals surface area contributed by atoms with Gasteiger partial charge in [-0.2, -0.15) is 0 Å². The second-order valence-electron chi connectivity index (χ2n) is 22.9. The molecular weight excluding hydrogens is 767 g/mol. The van der Waals surface area contributed by atoms with Gasteiger partial charge in [0.15, 0.2) is 5.78 Å². The molecular formula is C51H77N3O7. The van der Waals surface area contributed by atoms with Gasteiger partial charge >= 0.3 is 11.9 Å². The van der Waals surface area contributed by atoms with Crippen LogP contribution < -0.4 is 0 Å². The summed E-state index contributed by atoms with van der Waals surface area (Å²) < 4.78 is 6.20. The third-order valence-electron chi connectivity index (χ3n) is 18.4. The van der Waals surface area contributed by atoms with Crippen LogP contribution in [0.25, 0.3) is 0 Å². The van der Waals surface area contributed by atoms with E-state index in [2.05, 4.69) is 77.4 Å². The monoisotopic (exact) mass is 844 g/mol. The highest BCUT2D eigenvalue weighted by Crippen LogP contribution is 2.77. The molecule has 9 unspecified atom stereocenters. The number of hydrogen-bond acceptors (Lipinski definition) is 8. The van der Waals surface area contributed by atoms with Crippen LogP contribution in [-0.4, -0.2) is 107 Å². The number of ether oxygens (including phenoxy) is 1. The van der Waals surface area contributed by atoms with Gasteiger partial charge in [0.1, 0.15) is 6.10 Å². The number of rotatable bonds is 12. The number of Topliss-reactive ketones (excluding diaryl/α,β-unsaturated/α-hetero) is 1. The summed E-state index contributed by atoms with van der Waals surface area (Å²) in [5.74, 6) is -0.122. The van der Waals surface area contributed by atoms with Crippen LogP contribution in [0.3, 0.4) is 0 Å². The average Bonchev–Trinajstić information content (AvgIpc) is 3.50. The Morgan fingerprint density at radius 2 is 1.56 bits per heavy atom. The molecule has 0 bridgehead atoms. The molecule has 0 spiro atoms. The Labute approximate surface area is 366 Å². The minimum absolute atomic E-state index is 0.00160. The minimum Gasteiger partial charge on any atom is -0.481 e. The summed E-state index contributed by atoms with van der Waals surface area (Å²) in [5, 5.41) is 22.5. The maximum Gasteiger partial charge on any atom is 0.309 e. The Morgan fingerprint density at radius 1 is 0.885 bits per heavy atom. The Kier molecular flexibility index (Phi) is 12.4. The van der Waals surface area contributed by atoms with E-state index in [0.717, 1.165) is 75.6 Å². The summed E-state index contributed by atoms with van der Waals surface area (Å²) in [6.07, 6.45) is 6.62. The van der Waals surface area contributed by atoms with Gasteiger partial charge < -0.3 is 24.7 Å². The second-order valence-corrected chi connectivity index (χ2v) is 22.9. The number of carbonyl (C=O) groups excluding carboxylic acids is 3. The molecule has 0 radical (unpaired) electrons. The molecule has 4 saturated carbocycles. The number of likely N-dealkylation sites (N-methyl/N-ethyl adjacent to an activating group) is 1. The van der Waals surface area contributed by atoms with Crippen molar-refractivity contribution in [2.45, 2.75) is 145 Å². The Bertz CT molecular complexity index is 1880. The number of allylic oxidation sites excluding steroid dienone is 1. The van der Waals surface area contributed by atoms with E-state index in [1.807, 2.05) is 23.1 Å². The molecule has 338 valence electrons. The molecule has 5 aliphatic carbocycles. The number of benzene rings is 1. The number of hydrogen-bond donors (Lipinski definition) is 2. The number of nitrogens with zero attached hydrogens (tertiary/aromatic N) is 3. The van der Waals surface area contributed by atoms with Gasteiger partial charge in [-0.1, -0.05) is 84.4 Å². The number of ketones is 1. The number of carboxylic acids is 1. The van der Waals surface area contributed by atoms with E-state index < -0.39 is 28.9 Å². The third kappa shape index (κ3) is 7.85. The highest BCUT2D eigenvalue weighted by atomic mass is 16.5. The first-order valence-electron chi connectivity index (χ1n) is 23.6. The molecule has 1 amide bonds. The fraction of sp³-hybridized carbons (Fsp3) is 0.765. The number of carbonyl (C=O) groups is 4. The Balaban J connectivity index is 1.16. The number of aliphatic carboxylic acids is 1. The number of aliphatic hydroxyl groups excluding tert-OH is 1. The first-order valence-corrected chi connectivity index (χ1v) is 23.6. The van der Waals surface area contributed by atoms with Crippen molar-refractivity contribution in [2.24, 2.45) is 56.2 Å². The maximum atomic E-state index is 14.4. The molecule has 2 N–H and O–H groups in total. The number of carboxylic acid groups (broad SMARTS) is 1. The molecule has 1 aromatic carbocycles. The first-order chi connectivity index (χ1) is 28.5. The summed E-state index contributed by atoms with van der Waals surface area (Å²) in [4.78, 5) is 59.7.